The quantitative estimate of drug-likeness (QED) is 0.637. The van der Waals surface area contributed by atoms with Gasteiger partial charge in [0.15, 0.2) is 0 Å². The molecule has 9 heteroatoms. The van der Waals surface area contributed by atoms with E-state index < -0.39 is 5.41 Å². The number of halogens is 1. The molecule has 5 rings (SSSR count). The summed E-state index contributed by atoms with van der Waals surface area (Å²) in [5.74, 6) is -0.269. The minimum atomic E-state index is -0.874. The third-order valence-electron chi connectivity index (χ3n) is 5.99. The molecule has 1 saturated heterocycles. The number of hydrogen-bond donors (Lipinski definition) is 1. The minimum Gasteiger partial charge on any atom is -0.378 e. The summed E-state index contributed by atoms with van der Waals surface area (Å²) in [7, 11) is 0. The van der Waals surface area contributed by atoms with Crippen LogP contribution in [0.4, 0.5) is 11.4 Å². The molecule has 168 valence electrons. The van der Waals surface area contributed by atoms with Crippen LogP contribution >= 0.6 is 11.6 Å². The van der Waals surface area contributed by atoms with Gasteiger partial charge in [-0.25, -0.2) is 9.97 Å². The van der Waals surface area contributed by atoms with Crippen molar-refractivity contribution in [3.8, 4) is 0 Å². The van der Waals surface area contributed by atoms with Gasteiger partial charge in [0.05, 0.1) is 30.3 Å². The van der Waals surface area contributed by atoms with Crippen LogP contribution in [-0.2, 0) is 21.4 Å². The molecule has 2 aliphatic rings. The number of aromatic nitrogens is 3. The van der Waals surface area contributed by atoms with Gasteiger partial charge in [0.1, 0.15) is 5.41 Å². The highest BCUT2D eigenvalue weighted by Gasteiger charge is 2.49. The maximum absolute atomic E-state index is 13.2. The molecule has 8 nitrogen and oxygen atoms in total. The van der Waals surface area contributed by atoms with E-state index in [0.717, 1.165) is 29.9 Å². The Morgan fingerprint density at radius 2 is 1.88 bits per heavy atom. The Balaban J connectivity index is 1.43. The number of pyridine rings is 1. The first-order chi connectivity index (χ1) is 16.0. The zero-order valence-corrected chi connectivity index (χ0v) is 18.8. The molecule has 0 spiro atoms. The largest absolute Gasteiger partial charge is 0.378 e. The number of nitrogens with zero attached hydrogens (tertiary/aromatic N) is 4. The van der Waals surface area contributed by atoms with E-state index in [1.54, 1.807) is 41.4 Å². The van der Waals surface area contributed by atoms with Gasteiger partial charge in [-0.15, -0.1) is 0 Å². The van der Waals surface area contributed by atoms with Crippen LogP contribution < -0.4 is 10.2 Å². The fourth-order valence-corrected chi connectivity index (χ4v) is 4.21. The van der Waals surface area contributed by atoms with Crippen molar-refractivity contribution < 1.29 is 14.3 Å². The van der Waals surface area contributed by atoms with Crippen LogP contribution in [0.15, 0.2) is 48.7 Å². The Morgan fingerprint density at radius 3 is 2.58 bits per heavy atom. The first-order valence-corrected chi connectivity index (χ1v) is 11.1. The minimum absolute atomic E-state index is 0.165. The topological polar surface area (TPSA) is 97.3 Å². The van der Waals surface area contributed by atoms with Crippen LogP contribution in [-0.4, -0.2) is 46.5 Å². The van der Waals surface area contributed by atoms with Crippen molar-refractivity contribution in [2.24, 2.45) is 0 Å². The van der Waals surface area contributed by atoms with E-state index in [0.29, 0.717) is 22.9 Å². The predicted molar refractivity (Wildman–Crippen MR) is 124 cm³/mol. The normalized spacial score (nSPS) is 16.5. The van der Waals surface area contributed by atoms with Crippen molar-refractivity contribution in [1.29, 1.82) is 0 Å². The number of carbonyl (C=O) groups excluding carboxylic acids is 2. The van der Waals surface area contributed by atoms with Gasteiger partial charge in [-0.05, 0) is 62.2 Å². The van der Waals surface area contributed by atoms with E-state index in [2.05, 4.69) is 15.3 Å². The molecule has 2 amide bonds. The standard InChI is InChI=1S/C24H22ClN5O3/c1-15-10-11-26-21(27-15)22(31)30-12-2-3-18-19(30)8-9-20(29-18)24(13-33-14-24)23(32)28-17-6-4-16(25)5-7-17/h4-11H,2-3,12-14H2,1H3,(H,28,32). The number of rotatable bonds is 4. The van der Waals surface area contributed by atoms with Gasteiger partial charge in [-0.3, -0.25) is 14.6 Å². The Kier molecular flexibility index (Phi) is 5.55. The fourth-order valence-electron chi connectivity index (χ4n) is 4.08. The average Bonchev–Trinajstić information content (AvgIpc) is 2.79. The molecule has 0 atom stereocenters. The zero-order chi connectivity index (χ0) is 23.0. The number of ether oxygens (including phenoxy) is 1. The highest BCUT2D eigenvalue weighted by Crippen LogP contribution is 2.36. The van der Waals surface area contributed by atoms with Crippen molar-refractivity contribution in [2.45, 2.75) is 25.2 Å². The van der Waals surface area contributed by atoms with Gasteiger partial charge in [-0.2, -0.15) is 0 Å². The van der Waals surface area contributed by atoms with Crippen LogP contribution in [0, 0.1) is 6.92 Å². The van der Waals surface area contributed by atoms with Gasteiger partial charge in [-0.1, -0.05) is 11.6 Å². The lowest BCUT2D eigenvalue weighted by molar-refractivity contribution is -0.140. The lowest BCUT2D eigenvalue weighted by Crippen LogP contribution is -2.56. The molecule has 0 bridgehead atoms. The highest BCUT2D eigenvalue weighted by molar-refractivity contribution is 6.30. The number of benzene rings is 1. The number of carbonyl (C=O) groups is 2. The Morgan fingerprint density at radius 1 is 1.09 bits per heavy atom. The van der Waals surface area contributed by atoms with Crippen LogP contribution in [0.2, 0.25) is 5.02 Å². The van der Waals surface area contributed by atoms with Gasteiger partial charge < -0.3 is 15.0 Å². The van der Waals surface area contributed by atoms with E-state index in [4.69, 9.17) is 21.3 Å². The molecule has 0 radical (unpaired) electrons. The number of anilines is 2. The van der Waals surface area contributed by atoms with E-state index in [-0.39, 0.29) is 30.9 Å². The first kappa shape index (κ1) is 21.5. The second kappa shape index (κ2) is 8.53. The molecule has 0 unspecified atom stereocenters. The zero-order valence-electron chi connectivity index (χ0n) is 18.0. The summed E-state index contributed by atoms with van der Waals surface area (Å²) >= 11 is 5.94. The summed E-state index contributed by atoms with van der Waals surface area (Å²) in [6, 6.07) is 12.4. The Bertz CT molecular complexity index is 1230. The summed E-state index contributed by atoms with van der Waals surface area (Å²) in [4.78, 5) is 41.2. The van der Waals surface area contributed by atoms with Gasteiger partial charge in [0, 0.05) is 29.1 Å². The molecule has 4 heterocycles. The van der Waals surface area contributed by atoms with Gasteiger partial charge in [0.2, 0.25) is 11.7 Å². The Hall–Kier alpha value is -3.36. The summed E-state index contributed by atoms with van der Waals surface area (Å²) in [5.41, 5.74) is 2.67. The van der Waals surface area contributed by atoms with Crippen molar-refractivity contribution in [1.82, 2.24) is 15.0 Å². The van der Waals surface area contributed by atoms with Crippen molar-refractivity contribution in [3.63, 3.8) is 0 Å². The number of amides is 2. The summed E-state index contributed by atoms with van der Waals surface area (Å²) in [6.45, 7) is 2.89. The van der Waals surface area contributed by atoms with E-state index in [1.165, 1.54) is 0 Å². The molecule has 1 aromatic carbocycles. The second-order valence-electron chi connectivity index (χ2n) is 8.28. The first-order valence-electron chi connectivity index (χ1n) is 10.7. The van der Waals surface area contributed by atoms with Crippen LogP contribution in [0.5, 0.6) is 0 Å². The number of aryl methyl sites for hydroxylation is 2. The van der Waals surface area contributed by atoms with Crippen LogP contribution in [0.25, 0.3) is 0 Å². The molecule has 1 fully saturated rings. The van der Waals surface area contributed by atoms with Gasteiger partial charge in [0.25, 0.3) is 5.91 Å². The molecule has 33 heavy (non-hydrogen) atoms. The lowest BCUT2D eigenvalue weighted by Gasteiger charge is -2.40. The maximum Gasteiger partial charge on any atom is 0.296 e. The molecule has 1 N–H and O–H groups in total. The lowest BCUT2D eigenvalue weighted by atomic mass is 9.80. The number of fused-ring (bicyclic) bond motifs is 1. The van der Waals surface area contributed by atoms with Crippen LogP contribution in [0.1, 0.15) is 34.1 Å². The molecule has 3 aromatic rings. The molecular weight excluding hydrogens is 442 g/mol. The maximum atomic E-state index is 13.2. The SMILES string of the molecule is Cc1ccnc(C(=O)N2CCCc3nc(C4(C(=O)Nc5ccc(Cl)cc5)COC4)ccc32)n1. The van der Waals surface area contributed by atoms with Crippen LogP contribution in [0.3, 0.4) is 0 Å². The fraction of sp³-hybridized carbons (Fsp3) is 0.292. The van der Waals surface area contributed by atoms with Crippen molar-refractivity contribution in [3.05, 3.63) is 76.6 Å². The van der Waals surface area contributed by atoms with E-state index in [9.17, 15) is 9.59 Å². The highest BCUT2D eigenvalue weighted by atomic mass is 35.5. The molecule has 0 aliphatic carbocycles. The summed E-state index contributed by atoms with van der Waals surface area (Å²) in [6.07, 6.45) is 3.07. The van der Waals surface area contributed by atoms with E-state index >= 15 is 0 Å². The Labute approximate surface area is 196 Å². The third-order valence-corrected chi connectivity index (χ3v) is 6.24. The number of hydrogen-bond acceptors (Lipinski definition) is 6. The summed E-state index contributed by atoms with van der Waals surface area (Å²) in [5, 5.41) is 3.54. The smallest absolute Gasteiger partial charge is 0.296 e. The molecule has 2 aromatic heterocycles. The third kappa shape index (κ3) is 3.96. The van der Waals surface area contributed by atoms with E-state index in [1.807, 2.05) is 19.1 Å². The molecule has 0 saturated carbocycles. The predicted octanol–water partition coefficient (Wildman–Crippen LogP) is 3.33. The monoisotopic (exact) mass is 463 g/mol. The number of nitrogens with one attached hydrogen (secondary N) is 1. The average molecular weight is 464 g/mol. The summed E-state index contributed by atoms with van der Waals surface area (Å²) < 4.78 is 5.44. The molecule has 2 aliphatic heterocycles. The van der Waals surface area contributed by atoms with Crippen molar-refractivity contribution in [2.75, 3.05) is 30.0 Å². The second-order valence-corrected chi connectivity index (χ2v) is 8.72. The van der Waals surface area contributed by atoms with Gasteiger partial charge >= 0.3 is 0 Å². The van der Waals surface area contributed by atoms with Crippen molar-refractivity contribution >= 4 is 34.8 Å². The molecular formula is C24H22ClN5O3.